The maximum Gasteiger partial charge on any atom is 0.429 e. The van der Waals surface area contributed by atoms with Crippen molar-refractivity contribution in [2.45, 2.75) is 37.6 Å². The van der Waals surface area contributed by atoms with Gasteiger partial charge in [-0.1, -0.05) is 24.3 Å². The van der Waals surface area contributed by atoms with E-state index < -0.39 is 24.3 Å². The van der Waals surface area contributed by atoms with E-state index in [2.05, 4.69) is 25.4 Å². The molecule has 214 valence electrons. The number of pyridine rings is 1. The second-order valence-corrected chi connectivity index (χ2v) is 10.5. The number of nitrogens with one attached hydrogen (secondary N) is 1. The maximum atomic E-state index is 14.2. The number of nitrogens with two attached hydrogens (primary N) is 1. The van der Waals surface area contributed by atoms with Crippen molar-refractivity contribution in [1.82, 2.24) is 29.9 Å². The predicted molar refractivity (Wildman–Crippen MR) is 142 cm³/mol. The summed E-state index contributed by atoms with van der Waals surface area (Å²) in [5, 5.41) is 16.5. The number of nitrogens with zero attached hydrogens (tertiary/aromatic N) is 6. The third-order valence-electron chi connectivity index (χ3n) is 7.87. The van der Waals surface area contributed by atoms with E-state index >= 15 is 0 Å². The third kappa shape index (κ3) is 5.46. The van der Waals surface area contributed by atoms with Gasteiger partial charge in [0.2, 0.25) is 17.9 Å². The highest BCUT2D eigenvalue weighted by Gasteiger charge is 2.45. The summed E-state index contributed by atoms with van der Waals surface area (Å²) in [7, 11) is 0. The number of carboxylic acids is 1. The highest BCUT2D eigenvalue weighted by atomic mass is 19.4. The average Bonchev–Trinajstić information content (AvgIpc) is 3.58. The van der Waals surface area contributed by atoms with Crippen molar-refractivity contribution in [3.05, 3.63) is 60.6 Å². The molecule has 0 saturated carbocycles. The number of nitrogen functional groups attached to an aromatic ring is 1. The van der Waals surface area contributed by atoms with Crippen molar-refractivity contribution in [3.63, 3.8) is 0 Å². The van der Waals surface area contributed by atoms with E-state index in [1.54, 1.807) is 28.9 Å². The van der Waals surface area contributed by atoms with Crippen LogP contribution in [0.5, 0.6) is 5.88 Å². The van der Waals surface area contributed by atoms with Crippen LogP contribution < -0.4 is 20.7 Å². The first-order chi connectivity index (χ1) is 19.6. The van der Waals surface area contributed by atoms with Gasteiger partial charge in [-0.05, 0) is 42.4 Å². The van der Waals surface area contributed by atoms with Gasteiger partial charge in [0.1, 0.15) is 18.2 Å². The van der Waals surface area contributed by atoms with Crippen molar-refractivity contribution in [3.8, 4) is 17.0 Å². The number of aromatic nitrogens is 5. The molecule has 1 spiro atoms. The summed E-state index contributed by atoms with van der Waals surface area (Å²) < 4.78 is 49.6. The normalized spacial score (nSPS) is 19.5. The smallest absolute Gasteiger partial charge is 0.429 e. The number of piperidine rings is 1. The fourth-order valence-corrected chi connectivity index (χ4v) is 5.62. The fourth-order valence-electron chi connectivity index (χ4n) is 5.62. The Morgan fingerprint density at radius 1 is 1.12 bits per heavy atom. The van der Waals surface area contributed by atoms with Gasteiger partial charge in [0.15, 0.2) is 5.65 Å². The molecule has 2 aliphatic rings. The Balaban J connectivity index is 1.19. The van der Waals surface area contributed by atoms with Crippen molar-refractivity contribution in [1.29, 1.82) is 0 Å². The van der Waals surface area contributed by atoms with Gasteiger partial charge in [0, 0.05) is 43.0 Å². The molecule has 5 heterocycles. The number of benzene rings is 1. The molecule has 4 aromatic rings. The highest BCUT2D eigenvalue weighted by Crippen LogP contribution is 2.41. The number of aliphatic carboxylic acids is 1. The van der Waals surface area contributed by atoms with Crippen molar-refractivity contribution < 1.29 is 27.8 Å². The van der Waals surface area contributed by atoms with Crippen LogP contribution in [0.3, 0.4) is 0 Å². The molecule has 2 saturated heterocycles. The van der Waals surface area contributed by atoms with Gasteiger partial charge in [0.05, 0.1) is 0 Å². The lowest BCUT2D eigenvalue weighted by molar-refractivity contribution is -0.198. The molecule has 41 heavy (non-hydrogen) atoms. The van der Waals surface area contributed by atoms with Crippen molar-refractivity contribution in [2.75, 3.05) is 30.3 Å². The predicted octanol–water partition coefficient (Wildman–Crippen LogP) is 3.48. The Labute approximate surface area is 232 Å². The summed E-state index contributed by atoms with van der Waals surface area (Å²) in [5.41, 5.74) is 7.78. The van der Waals surface area contributed by atoms with E-state index in [0.29, 0.717) is 55.9 Å². The van der Waals surface area contributed by atoms with Crippen LogP contribution in [0.25, 0.3) is 16.8 Å². The minimum absolute atomic E-state index is 0.0940. The van der Waals surface area contributed by atoms with Crippen LogP contribution in [-0.2, 0) is 4.79 Å². The molecule has 3 aromatic heterocycles. The molecule has 1 aromatic carbocycles. The van der Waals surface area contributed by atoms with Crippen LogP contribution in [-0.4, -0.2) is 67.5 Å². The van der Waals surface area contributed by atoms with Gasteiger partial charge in [0.25, 0.3) is 0 Å². The number of hydrogen-bond donors (Lipinski definition) is 3. The number of alkyl halides is 3. The molecule has 1 unspecified atom stereocenters. The molecule has 0 radical (unpaired) electrons. The lowest BCUT2D eigenvalue weighted by atomic mass is 9.76. The first-order valence-corrected chi connectivity index (χ1v) is 13.1. The van der Waals surface area contributed by atoms with E-state index in [1.807, 2.05) is 11.0 Å². The number of ether oxygens (including phenoxy) is 1. The number of anilines is 2. The largest absolute Gasteiger partial charge is 0.480 e. The average molecular weight is 569 g/mol. The summed E-state index contributed by atoms with van der Waals surface area (Å²) in [6, 6.07) is 10.3. The Bertz CT molecular complexity index is 1570. The summed E-state index contributed by atoms with van der Waals surface area (Å²) in [5.74, 6) is -0.991. The fraction of sp³-hybridized carbons (Fsp3) is 0.370. The van der Waals surface area contributed by atoms with Gasteiger partial charge < -0.3 is 25.8 Å². The second-order valence-electron chi connectivity index (χ2n) is 10.5. The standard InChI is InChI=1S/C27H27F3N8O3/c28-27(29,30)23(17-3-1-16(2-4-17)18-5-6-20-33-15-34-38(20)13-18)41-22-11-21(35-25(31)36-22)37-9-7-26(8-10-37)12-19(24(39)40)32-14-26/h1-6,11,13,15,19,23,32H,7-10,12,14H2,(H,39,40)(H2,31,35,36)/t19?,23-/m1/s1. The molecule has 4 N–H and O–H groups in total. The molecular formula is C27H27F3N8O3. The van der Waals surface area contributed by atoms with Crippen molar-refractivity contribution in [2.24, 2.45) is 5.41 Å². The Kier molecular flexibility index (Phi) is 6.64. The Hall–Kier alpha value is -4.46. The number of rotatable bonds is 6. The summed E-state index contributed by atoms with van der Waals surface area (Å²) in [4.78, 5) is 25.5. The van der Waals surface area contributed by atoms with Crippen LogP contribution in [0, 0.1) is 5.41 Å². The first-order valence-electron chi connectivity index (χ1n) is 13.1. The lowest BCUT2D eigenvalue weighted by Gasteiger charge is -2.39. The van der Waals surface area contributed by atoms with E-state index in [4.69, 9.17) is 10.5 Å². The molecule has 2 aliphatic heterocycles. The molecule has 14 heteroatoms. The number of halogens is 3. The zero-order valence-corrected chi connectivity index (χ0v) is 21.8. The highest BCUT2D eigenvalue weighted by molar-refractivity contribution is 5.74. The van der Waals surface area contributed by atoms with Gasteiger partial charge >= 0.3 is 12.1 Å². The molecule has 6 rings (SSSR count). The van der Waals surface area contributed by atoms with Gasteiger partial charge in [-0.15, -0.1) is 0 Å². The van der Waals surface area contributed by atoms with Crippen LogP contribution in [0.2, 0.25) is 0 Å². The monoisotopic (exact) mass is 568 g/mol. The van der Waals surface area contributed by atoms with Crippen LogP contribution in [0.1, 0.15) is 30.9 Å². The summed E-state index contributed by atoms with van der Waals surface area (Å²) in [6.07, 6.45) is -1.87. The molecule has 0 amide bonds. The molecule has 2 atom stereocenters. The van der Waals surface area contributed by atoms with E-state index in [-0.39, 0.29) is 22.8 Å². The summed E-state index contributed by atoms with van der Waals surface area (Å²) in [6.45, 7) is 1.71. The molecule has 0 aliphatic carbocycles. The molecule has 0 bridgehead atoms. The number of fused-ring (bicyclic) bond motifs is 1. The van der Waals surface area contributed by atoms with E-state index in [1.165, 1.54) is 24.5 Å². The first kappa shape index (κ1) is 26.7. The van der Waals surface area contributed by atoms with E-state index in [9.17, 15) is 23.1 Å². The Morgan fingerprint density at radius 3 is 2.54 bits per heavy atom. The van der Waals surface area contributed by atoms with Gasteiger partial charge in [-0.2, -0.15) is 28.2 Å². The minimum atomic E-state index is -4.73. The number of carbonyl (C=O) groups is 1. The minimum Gasteiger partial charge on any atom is -0.480 e. The lowest BCUT2D eigenvalue weighted by Crippen LogP contribution is -2.41. The maximum absolute atomic E-state index is 14.2. The SMILES string of the molecule is Nc1nc(O[C@H](c2ccc(-c3ccc4ncnn4c3)cc2)C(F)(F)F)cc(N2CCC3(CC2)CNC(C(=O)O)C3)n1. The summed E-state index contributed by atoms with van der Waals surface area (Å²) >= 11 is 0. The van der Waals surface area contributed by atoms with Crippen molar-refractivity contribution >= 4 is 23.4 Å². The molecule has 2 fully saturated rings. The van der Waals surface area contributed by atoms with Crippen LogP contribution in [0.15, 0.2) is 55.0 Å². The van der Waals surface area contributed by atoms with Crippen LogP contribution in [0.4, 0.5) is 24.9 Å². The Morgan fingerprint density at radius 2 is 1.85 bits per heavy atom. The quantitative estimate of drug-likeness (QED) is 0.316. The number of carboxylic acid groups (broad SMARTS) is 1. The topological polar surface area (TPSA) is 144 Å². The van der Waals surface area contributed by atoms with E-state index in [0.717, 1.165) is 5.56 Å². The third-order valence-corrected chi connectivity index (χ3v) is 7.87. The zero-order chi connectivity index (χ0) is 28.8. The molecule has 11 nitrogen and oxygen atoms in total. The van der Waals surface area contributed by atoms with Crippen LogP contribution >= 0.6 is 0 Å². The van der Waals surface area contributed by atoms with Gasteiger partial charge in [-0.3, -0.25) is 4.79 Å². The zero-order valence-electron chi connectivity index (χ0n) is 21.8. The van der Waals surface area contributed by atoms with Gasteiger partial charge in [-0.25, -0.2) is 9.50 Å². The molecular weight excluding hydrogens is 541 g/mol. The second kappa shape index (κ2) is 10.2. The number of hydrogen-bond acceptors (Lipinski definition) is 9.